The topological polar surface area (TPSA) is 58.5 Å². The third-order valence-electron chi connectivity index (χ3n) is 3.10. The number of hydrogen-bond donors (Lipinski definition) is 2. The molecule has 0 amide bonds. The van der Waals surface area contributed by atoms with E-state index >= 15 is 0 Å². The van der Waals surface area contributed by atoms with Gasteiger partial charge in [0.15, 0.2) is 5.96 Å². The molecular weight excluding hydrogens is 411 g/mol. The van der Waals surface area contributed by atoms with Crippen molar-refractivity contribution in [3.05, 3.63) is 15.6 Å². The van der Waals surface area contributed by atoms with Crippen molar-refractivity contribution in [2.24, 2.45) is 4.99 Å². The van der Waals surface area contributed by atoms with E-state index < -0.39 is 0 Å². The van der Waals surface area contributed by atoms with Gasteiger partial charge in [-0.25, -0.2) is 4.98 Å². The number of hydrogen-bond acceptors (Lipinski definition) is 4. The Hall–Kier alpha value is -0.410. The normalized spacial score (nSPS) is 11.2. The van der Waals surface area contributed by atoms with Crippen LogP contribution < -0.4 is 10.6 Å². The van der Waals surface area contributed by atoms with E-state index in [2.05, 4.69) is 34.5 Å². The van der Waals surface area contributed by atoms with Crippen molar-refractivity contribution in [3.8, 4) is 0 Å². The second-order valence-electron chi connectivity index (χ2n) is 4.92. The first-order valence-corrected chi connectivity index (χ1v) is 8.44. The summed E-state index contributed by atoms with van der Waals surface area (Å²) in [5, 5.41) is 7.66. The molecule has 0 spiro atoms. The average molecular weight is 440 g/mol. The van der Waals surface area contributed by atoms with Gasteiger partial charge in [0.25, 0.3) is 0 Å². The highest BCUT2D eigenvalue weighted by atomic mass is 127. The summed E-state index contributed by atoms with van der Waals surface area (Å²) in [7, 11) is 1.78. The summed E-state index contributed by atoms with van der Waals surface area (Å²) in [5.74, 6) is 0.814. The summed E-state index contributed by atoms with van der Waals surface area (Å²) in [6, 6.07) is 0. The summed E-state index contributed by atoms with van der Waals surface area (Å²) in [6.07, 6.45) is 3.31. The van der Waals surface area contributed by atoms with Crippen LogP contribution in [0, 0.1) is 13.8 Å². The summed E-state index contributed by atoms with van der Waals surface area (Å²) in [4.78, 5) is 9.99. The maximum absolute atomic E-state index is 5.53. The molecule has 1 aromatic heterocycles. The molecule has 0 saturated heterocycles. The van der Waals surface area contributed by atoms with Crippen LogP contribution in [-0.4, -0.2) is 37.7 Å². The maximum atomic E-state index is 5.53. The van der Waals surface area contributed by atoms with Crippen molar-refractivity contribution in [1.29, 1.82) is 0 Å². The predicted molar refractivity (Wildman–Crippen MR) is 106 cm³/mol. The van der Waals surface area contributed by atoms with Crippen LogP contribution >= 0.6 is 35.3 Å². The molecule has 0 aromatic carbocycles. The summed E-state index contributed by atoms with van der Waals surface area (Å²) in [5.41, 5.74) is 1.11. The van der Waals surface area contributed by atoms with E-state index in [1.165, 1.54) is 11.3 Å². The second kappa shape index (κ2) is 13.1. The molecule has 0 aliphatic heterocycles. The maximum Gasteiger partial charge on any atom is 0.191 e. The number of rotatable bonds is 9. The largest absolute Gasteiger partial charge is 0.381 e. The molecule has 1 heterocycles. The van der Waals surface area contributed by atoms with Gasteiger partial charge in [0.1, 0.15) is 5.01 Å². The summed E-state index contributed by atoms with van der Waals surface area (Å²) in [6.45, 7) is 9.56. The quantitative estimate of drug-likeness (QED) is 0.268. The number of guanidine groups is 1. The number of thiazole rings is 1. The van der Waals surface area contributed by atoms with Gasteiger partial charge in [0, 0.05) is 31.7 Å². The van der Waals surface area contributed by atoms with Crippen molar-refractivity contribution < 1.29 is 4.74 Å². The standard InChI is InChI=1S/C15H28N4OS.HI/c1-5-6-9-20-10-7-8-17-15(16-4)18-11-14-19-12(2)13(3)21-14;/h5-11H2,1-4H3,(H2,16,17,18);1H. The van der Waals surface area contributed by atoms with Crippen molar-refractivity contribution in [1.82, 2.24) is 15.6 Å². The Balaban J connectivity index is 0.00000441. The molecule has 128 valence electrons. The van der Waals surface area contributed by atoms with Gasteiger partial charge in [-0.3, -0.25) is 4.99 Å². The van der Waals surface area contributed by atoms with Gasteiger partial charge in [-0.05, 0) is 26.7 Å². The van der Waals surface area contributed by atoms with Gasteiger partial charge in [-0.1, -0.05) is 13.3 Å². The highest BCUT2D eigenvalue weighted by molar-refractivity contribution is 14.0. The lowest BCUT2D eigenvalue weighted by Gasteiger charge is -2.10. The fourth-order valence-corrected chi connectivity index (χ4v) is 2.60. The first-order valence-electron chi connectivity index (χ1n) is 7.62. The Bertz CT molecular complexity index is 418. The Labute approximate surface area is 155 Å². The second-order valence-corrected chi connectivity index (χ2v) is 6.21. The molecular formula is C15H29IN4OS. The van der Waals surface area contributed by atoms with Crippen LogP contribution in [0.2, 0.25) is 0 Å². The molecule has 0 atom stereocenters. The molecule has 0 saturated carbocycles. The van der Waals surface area contributed by atoms with Crippen LogP contribution in [0.3, 0.4) is 0 Å². The van der Waals surface area contributed by atoms with Crippen LogP contribution in [-0.2, 0) is 11.3 Å². The summed E-state index contributed by atoms with van der Waals surface area (Å²) < 4.78 is 5.53. The molecule has 5 nitrogen and oxygen atoms in total. The lowest BCUT2D eigenvalue weighted by molar-refractivity contribution is 0.129. The molecule has 2 N–H and O–H groups in total. The number of aliphatic imine (C=N–C) groups is 1. The molecule has 0 aliphatic carbocycles. The van der Waals surface area contributed by atoms with Crippen LogP contribution in [0.1, 0.15) is 41.8 Å². The van der Waals surface area contributed by atoms with E-state index in [-0.39, 0.29) is 24.0 Å². The van der Waals surface area contributed by atoms with E-state index in [9.17, 15) is 0 Å². The minimum atomic E-state index is 0. The highest BCUT2D eigenvalue weighted by Crippen LogP contribution is 2.15. The minimum Gasteiger partial charge on any atom is -0.381 e. The monoisotopic (exact) mass is 440 g/mol. The third-order valence-corrected chi connectivity index (χ3v) is 4.18. The van der Waals surface area contributed by atoms with Crippen LogP contribution in [0.15, 0.2) is 4.99 Å². The number of nitrogens with one attached hydrogen (secondary N) is 2. The van der Waals surface area contributed by atoms with Crippen molar-refractivity contribution in [3.63, 3.8) is 0 Å². The van der Waals surface area contributed by atoms with Gasteiger partial charge in [-0.2, -0.15) is 0 Å². The van der Waals surface area contributed by atoms with E-state index in [1.807, 2.05) is 6.92 Å². The van der Waals surface area contributed by atoms with Crippen molar-refractivity contribution in [2.45, 2.75) is 46.6 Å². The zero-order valence-electron chi connectivity index (χ0n) is 14.1. The average Bonchev–Trinajstić information content (AvgIpc) is 2.80. The molecule has 0 fully saturated rings. The Kier molecular flexibility index (Phi) is 12.8. The smallest absolute Gasteiger partial charge is 0.191 e. The van der Waals surface area contributed by atoms with Crippen LogP contribution in [0.5, 0.6) is 0 Å². The molecule has 1 aromatic rings. The fraction of sp³-hybridized carbons (Fsp3) is 0.733. The number of ether oxygens (including phenoxy) is 1. The lowest BCUT2D eigenvalue weighted by atomic mass is 10.4. The zero-order valence-corrected chi connectivity index (χ0v) is 17.2. The first kappa shape index (κ1) is 21.6. The molecule has 7 heteroatoms. The van der Waals surface area contributed by atoms with Crippen molar-refractivity contribution >= 4 is 41.3 Å². The Morgan fingerprint density at radius 3 is 2.55 bits per heavy atom. The fourth-order valence-electron chi connectivity index (χ4n) is 1.72. The first-order chi connectivity index (χ1) is 10.2. The van der Waals surface area contributed by atoms with E-state index in [4.69, 9.17) is 4.74 Å². The Morgan fingerprint density at radius 1 is 1.23 bits per heavy atom. The molecule has 0 aliphatic rings. The lowest BCUT2D eigenvalue weighted by Crippen LogP contribution is -2.37. The predicted octanol–water partition coefficient (Wildman–Crippen LogP) is 3.25. The SMILES string of the molecule is CCCCOCCCNC(=NC)NCc1nc(C)c(C)s1.I. The number of nitrogens with zero attached hydrogens (tertiary/aromatic N) is 2. The van der Waals surface area contributed by atoms with E-state index in [0.717, 1.165) is 49.3 Å². The molecule has 22 heavy (non-hydrogen) atoms. The van der Waals surface area contributed by atoms with Gasteiger partial charge in [0.2, 0.25) is 0 Å². The number of aryl methyl sites for hydroxylation is 2. The highest BCUT2D eigenvalue weighted by Gasteiger charge is 2.04. The molecule has 0 radical (unpaired) electrons. The van der Waals surface area contributed by atoms with Crippen molar-refractivity contribution in [2.75, 3.05) is 26.8 Å². The van der Waals surface area contributed by atoms with Gasteiger partial charge in [-0.15, -0.1) is 35.3 Å². The van der Waals surface area contributed by atoms with Gasteiger partial charge in [0.05, 0.1) is 12.2 Å². The number of aromatic nitrogens is 1. The Morgan fingerprint density at radius 2 is 1.95 bits per heavy atom. The van der Waals surface area contributed by atoms with E-state index in [0.29, 0.717) is 6.54 Å². The molecule has 1 rings (SSSR count). The zero-order chi connectivity index (χ0) is 15.5. The number of unbranched alkanes of at least 4 members (excludes halogenated alkanes) is 1. The minimum absolute atomic E-state index is 0. The van der Waals surface area contributed by atoms with Gasteiger partial charge < -0.3 is 15.4 Å². The third kappa shape index (κ3) is 8.89. The van der Waals surface area contributed by atoms with Gasteiger partial charge >= 0.3 is 0 Å². The van der Waals surface area contributed by atoms with Crippen LogP contribution in [0.4, 0.5) is 0 Å². The van der Waals surface area contributed by atoms with E-state index in [1.54, 1.807) is 18.4 Å². The summed E-state index contributed by atoms with van der Waals surface area (Å²) >= 11 is 1.73. The van der Waals surface area contributed by atoms with Crippen LogP contribution in [0.25, 0.3) is 0 Å². The molecule has 0 bridgehead atoms. The number of halogens is 1. The molecule has 0 unspecified atom stereocenters.